The highest BCUT2D eigenvalue weighted by Crippen LogP contribution is 2.14. The van der Waals surface area contributed by atoms with Crippen LogP contribution in [0.4, 0.5) is 0 Å². The average molecular weight is 212 g/mol. The second kappa shape index (κ2) is 4.28. The highest BCUT2D eigenvalue weighted by Gasteiger charge is 2.24. The van der Waals surface area contributed by atoms with Gasteiger partial charge >= 0.3 is 0 Å². The maximum atomic E-state index is 9.80. The highest BCUT2D eigenvalue weighted by atomic mass is 16.3. The summed E-state index contributed by atoms with van der Waals surface area (Å²) in [6, 6.07) is 0.0584. The number of nitrogens with one attached hydrogen (secondary N) is 1. The van der Waals surface area contributed by atoms with Gasteiger partial charge in [0.25, 0.3) is 0 Å². The van der Waals surface area contributed by atoms with Crippen molar-refractivity contribution in [3.63, 3.8) is 0 Å². The first-order chi connectivity index (χ1) is 6.82. The summed E-state index contributed by atoms with van der Waals surface area (Å²) in [5.41, 5.74) is -0.743. The van der Waals surface area contributed by atoms with E-state index in [4.69, 9.17) is 0 Å². The molecule has 0 bridgehead atoms. The molecule has 1 heterocycles. The van der Waals surface area contributed by atoms with E-state index in [1.54, 1.807) is 20.2 Å². The fraction of sp³-hybridized carbons (Fsp3) is 0.800. The lowest BCUT2D eigenvalue weighted by molar-refractivity contribution is 0.0400. The van der Waals surface area contributed by atoms with Gasteiger partial charge in [-0.1, -0.05) is 0 Å². The van der Waals surface area contributed by atoms with E-state index in [0.29, 0.717) is 0 Å². The smallest absolute Gasteiger partial charge is 0.149 e. The molecule has 0 aliphatic rings. The van der Waals surface area contributed by atoms with Gasteiger partial charge in [0.15, 0.2) is 0 Å². The third kappa shape index (κ3) is 3.00. The van der Waals surface area contributed by atoms with Gasteiger partial charge in [0, 0.05) is 13.1 Å². The van der Waals surface area contributed by atoms with E-state index in [0.717, 1.165) is 5.82 Å². The Morgan fingerprint density at radius 1 is 1.47 bits per heavy atom. The van der Waals surface area contributed by atoms with Crippen LogP contribution in [0.1, 0.15) is 39.6 Å². The first-order valence-electron chi connectivity index (χ1n) is 5.14. The highest BCUT2D eigenvalue weighted by molar-refractivity contribution is 4.94. The van der Waals surface area contributed by atoms with Crippen LogP contribution >= 0.6 is 0 Å². The Balaban J connectivity index is 2.64. The maximum absolute atomic E-state index is 9.80. The number of nitrogens with zero attached hydrogens (tertiary/aromatic N) is 3. The quantitative estimate of drug-likeness (QED) is 0.768. The molecule has 0 amide bonds. The van der Waals surface area contributed by atoms with Crippen molar-refractivity contribution in [2.24, 2.45) is 7.05 Å². The fourth-order valence-corrected chi connectivity index (χ4v) is 1.34. The molecule has 5 nitrogen and oxygen atoms in total. The zero-order valence-corrected chi connectivity index (χ0v) is 10.0. The lowest BCUT2D eigenvalue weighted by atomic mass is 10.00. The van der Waals surface area contributed by atoms with E-state index in [2.05, 4.69) is 15.5 Å². The molecule has 5 heteroatoms. The van der Waals surface area contributed by atoms with Crippen LogP contribution in [0.2, 0.25) is 0 Å². The van der Waals surface area contributed by atoms with E-state index in [-0.39, 0.29) is 12.1 Å². The molecule has 0 aliphatic heterocycles. The van der Waals surface area contributed by atoms with Crippen LogP contribution in [0.25, 0.3) is 0 Å². The summed E-state index contributed by atoms with van der Waals surface area (Å²) in [6.07, 6.45) is 1.67. The van der Waals surface area contributed by atoms with Crippen LogP contribution in [0.3, 0.4) is 0 Å². The molecule has 86 valence electrons. The molecule has 1 aromatic heterocycles. The molecule has 0 radical (unpaired) electrons. The van der Waals surface area contributed by atoms with Gasteiger partial charge in [-0.25, -0.2) is 0 Å². The molecule has 15 heavy (non-hydrogen) atoms. The van der Waals surface area contributed by atoms with E-state index in [9.17, 15) is 5.11 Å². The number of aliphatic hydroxyl groups is 1. The van der Waals surface area contributed by atoms with Gasteiger partial charge in [0.2, 0.25) is 0 Å². The normalized spacial score (nSPS) is 16.4. The van der Waals surface area contributed by atoms with Crippen LogP contribution in [-0.4, -0.2) is 31.5 Å². The molecule has 1 rings (SSSR count). The van der Waals surface area contributed by atoms with Gasteiger partial charge in [0.05, 0.1) is 11.6 Å². The lowest BCUT2D eigenvalue weighted by Crippen LogP contribution is -2.45. The number of aryl methyl sites for hydroxylation is 1. The Kier molecular flexibility index (Phi) is 3.46. The van der Waals surface area contributed by atoms with Crippen LogP contribution in [0, 0.1) is 0 Å². The number of hydrogen-bond donors (Lipinski definition) is 2. The lowest BCUT2D eigenvalue weighted by Gasteiger charge is -2.29. The van der Waals surface area contributed by atoms with Crippen molar-refractivity contribution >= 4 is 0 Å². The van der Waals surface area contributed by atoms with Crippen molar-refractivity contribution in [1.82, 2.24) is 20.1 Å². The fourth-order valence-electron chi connectivity index (χ4n) is 1.34. The molecule has 2 unspecified atom stereocenters. The van der Waals surface area contributed by atoms with Crippen LogP contribution < -0.4 is 5.32 Å². The van der Waals surface area contributed by atoms with Crippen molar-refractivity contribution in [2.45, 2.75) is 45.4 Å². The maximum Gasteiger partial charge on any atom is 0.149 e. The van der Waals surface area contributed by atoms with Crippen LogP contribution in [0.15, 0.2) is 6.33 Å². The first-order valence-corrected chi connectivity index (χ1v) is 5.14. The summed E-state index contributed by atoms with van der Waals surface area (Å²) in [5, 5.41) is 20.9. The molecule has 0 saturated carbocycles. The number of aromatic nitrogens is 3. The van der Waals surface area contributed by atoms with Crippen molar-refractivity contribution in [1.29, 1.82) is 0 Å². The van der Waals surface area contributed by atoms with Crippen molar-refractivity contribution < 1.29 is 5.11 Å². The van der Waals surface area contributed by atoms with Gasteiger partial charge in [-0.2, -0.15) is 0 Å². The van der Waals surface area contributed by atoms with Gasteiger partial charge in [-0.15, -0.1) is 10.2 Å². The Hall–Kier alpha value is -0.940. The van der Waals surface area contributed by atoms with Crippen LogP contribution in [-0.2, 0) is 7.05 Å². The molecular weight excluding hydrogens is 192 g/mol. The summed E-state index contributed by atoms with van der Waals surface area (Å²) in [4.78, 5) is 0. The molecule has 0 fully saturated rings. The minimum Gasteiger partial charge on any atom is -0.389 e. The Morgan fingerprint density at radius 2 is 2.07 bits per heavy atom. The van der Waals surface area contributed by atoms with E-state index in [1.807, 2.05) is 25.5 Å². The second-order valence-corrected chi connectivity index (χ2v) is 4.56. The largest absolute Gasteiger partial charge is 0.389 e. The van der Waals surface area contributed by atoms with Crippen molar-refractivity contribution in [2.75, 3.05) is 0 Å². The molecule has 0 spiro atoms. The zero-order chi connectivity index (χ0) is 11.6. The Bertz CT molecular complexity index is 315. The molecule has 0 aromatic carbocycles. The summed E-state index contributed by atoms with van der Waals surface area (Å²) >= 11 is 0. The number of hydrogen-bond acceptors (Lipinski definition) is 4. The topological polar surface area (TPSA) is 63.0 Å². The molecule has 0 aliphatic carbocycles. The zero-order valence-electron chi connectivity index (χ0n) is 10.0. The van der Waals surface area contributed by atoms with Crippen molar-refractivity contribution in [3.8, 4) is 0 Å². The summed E-state index contributed by atoms with van der Waals surface area (Å²) < 4.78 is 1.87. The molecule has 1 aromatic rings. The molecule has 2 atom stereocenters. The van der Waals surface area contributed by atoms with Gasteiger partial charge < -0.3 is 15.0 Å². The summed E-state index contributed by atoms with van der Waals surface area (Å²) in [6.45, 7) is 7.53. The number of rotatable bonds is 4. The van der Waals surface area contributed by atoms with E-state index in [1.165, 1.54) is 0 Å². The third-order valence-electron chi connectivity index (χ3n) is 2.69. The van der Waals surface area contributed by atoms with Gasteiger partial charge in [0.1, 0.15) is 12.2 Å². The minimum atomic E-state index is -0.743. The average Bonchev–Trinajstić information content (AvgIpc) is 2.49. The minimum absolute atomic E-state index is 0.0100. The SMILES string of the molecule is CC(NC(C)C(C)(C)O)c1nncn1C. The molecule has 2 N–H and O–H groups in total. The van der Waals surface area contributed by atoms with Crippen LogP contribution in [0.5, 0.6) is 0 Å². The van der Waals surface area contributed by atoms with E-state index >= 15 is 0 Å². The second-order valence-electron chi connectivity index (χ2n) is 4.56. The summed E-state index contributed by atoms with van der Waals surface area (Å²) in [7, 11) is 1.91. The third-order valence-corrected chi connectivity index (χ3v) is 2.69. The first kappa shape index (κ1) is 12.1. The van der Waals surface area contributed by atoms with Crippen molar-refractivity contribution in [3.05, 3.63) is 12.2 Å². The van der Waals surface area contributed by atoms with E-state index < -0.39 is 5.60 Å². The van der Waals surface area contributed by atoms with Gasteiger partial charge in [-0.05, 0) is 27.7 Å². The Labute approximate surface area is 90.5 Å². The monoisotopic (exact) mass is 212 g/mol. The van der Waals surface area contributed by atoms with Gasteiger partial charge in [-0.3, -0.25) is 0 Å². The predicted molar refractivity (Wildman–Crippen MR) is 58.3 cm³/mol. The molecular formula is C10H20N4O. The summed E-state index contributed by atoms with van der Waals surface area (Å²) in [5.74, 6) is 0.867. The Morgan fingerprint density at radius 3 is 2.47 bits per heavy atom. The molecule has 0 saturated heterocycles. The standard InChI is InChI=1S/C10H20N4O/c1-7(9-13-11-6-14(9)5)12-8(2)10(3,4)15/h6-8,12,15H,1-5H3. The predicted octanol–water partition coefficient (Wildman–Crippen LogP) is 0.625.